The maximum atomic E-state index is 4.72. The molecule has 0 radical (unpaired) electrons. The summed E-state index contributed by atoms with van der Waals surface area (Å²) in [6, 6.07) is 11.5. The Balaban J connectivity index is 2.17. The molecule has 2 aromatic rings. The molecule has 0 fully saturated rings. The van der Waals surface area contributed by atoms with Crippen LogP contribution in [0.3, 0.4) is 0 Å². The number of nitrogens with one attached hydrogen (secondary N) is 1. The van der Waals surface area contributed by atoms with Crippen LogP contribution in [0.5, 0.6) is 0 Å². The molecule has 0 amide bonds. The average molecular weight is 303 g/mol. The second-order valence-corrected chi connectivity index (χ2v) is 6.18. The van der Waals surface area contributed by atoms with E-state index in [0.29, 0.717) is 12.1 Å². The SMILES string of the molecule is CCC(C)n1ccc(CC(NC)c2ccccc2SC)n1. The van der Waals surface area contributed by atoms with Gasteiger partial charge in [-0.25, -0.2) is 0 Å². The summed E-state index contributed by atoms with van der Waals surface area (Å²) in [5, 5.41) is 8.15. The maximum absolute atomic E-state index is 4.72. The molecule has 3 nitrogen and oxygen atoms in total. The quantitative estimate of drug-likeness (QED) is 0.782. The molecule has 1 heterocycles. The van der Waals surface area contributed by atoms with Gasteiger partial charge in [-0.15, -0.1) is 11.8 Å². The summed E-state index contributed by atoms with van der Waals surface area (Å²) in [4.78, 5) is 1.33. The van der Waals surface area contributed by atoms with Gasteiger partial charge in [-0.1, -0.05) is 25.1 Å². The van der Waals surface area contributed by atoms with Crippen LogP contribution in [0.1, 0.15) is 43.6 Å². The smallest absolute Gasteiger partial charge is 0.0643 e. The predicted octanol–water partition coefficient (Wildman–Crippen LogP) is 4.08. The van der Waals surface area contributed by atoms with Crippen LogP contribution in [-0.4, -0.2) is 23.1 Å². The fraction of sp³-hybridized carbons (Fsp3) is 0.471. The monoisotopic (exact) mass is 303 g/mol. The van der Waals surface area contributed by atoms with E-state index in [2.05, 4.69) is 66.6 Å². The fourth-order valence-corrected chi connectivity index (χ4v) is 3.11. The zero-order chi connectivity index (χ0) is 15.2. The molecule has 0 aliphatic heterocycles. The highest BCUT2D eigenvalue weighted by Gasteiger charge is 2.15. The Morgan fingerprint density at radius 3 is 2.71 bits per heavy atom. The van der Waals surface area contributed by atoms with Gasteiger partial charge < -0.3 is 5.32 Å². The van der Waals surface area contributed by atoms with Gasteiger partial charge in [0.1, 0.15) is 0 Å². The first kappa shape index (κ1) is 16.1. The van der Waals surface area contributed by atoms with Gasteiger partial charge in [0, 0.05) is 29.6 Å². The third kappa shape index (κ3) is 3.89. The molecule has 0 saturated carbocycles. The van der Waals surface area contributed by atoms with Crippen LogP contribution in [0, 0.1) is 0 Å². The van der Waals surface area contributed by atoms with E-state index in [9.17, 15) is 0 Å². The Hall–Kier alpha value is -1.26. The van der Waals surface area contributed by atoms with Crippen molar-refractivity contribution in [3.63, 3.8) is 0 Å². The lowest BCUT2D eigenvalue weighted by Gasteiger charge is -2.18. The first-order valence-electron chi connectivity index (χ1n) is 7.53. The molecular weight excluding hydrogens is 278 g/mol. The Morgan fingerprint density at radius 2 is 2.05 bits per heavy atom. The minimum Gasteiger partial charge on any atom is -0.313 e. The maximum Gasteiger partial charge on any atom is 0.0643 e. The van der Waals surface area contributed by atoms with E-state index in [-0.39, 0.29) is 0 Å². The van der Waals surface area contributed by atoms with Crippen molar-refractivity contribution >= 4 is 11.8 Å². The van der Waals surface area contributed by atoms with Crippen LogP contribution in [0.2, 0.25) is 0 Å². The lowest BCUT2D eigenvalue weighted by atomic mass is 10.0. The number of rotatable bonds is 7. The number of hydrogen-bond acceptors (Lipinski definition) is 3. The van der Waals surface area contributed by atoms with Crippen LogP contribution in [-0.2, 0) is 6.42 Å². The Morgan fingerprint density at radius 1 is 1.29 bits per heavy atom. The second kappa shape index (κ2) is 7.66. The first-order valence-corrected chi connectivity index (χ1v) is 8.76. The van der Waals surface area contributed by atoms with Crippen molar-refractivity contribution in [1.29, 1.82) is 0 Å². The van der Waals surface area contributed by atoms with Crippen LogP contribution in [0.25, 0.3) is 0 Å². The lowest BCUT2D eigenvalue weighted by molar-refractivity contribution is 0.468. The molecule has 0 aliphatic rings. The van der Waals surface area contributed by atoms with Crippen molar-refractivity contribution in [3.05, 3.63) is 47.8 Å². The number of hydrogen-bond donors (Lipinski definition) is 1. The lowest BCUT2D eigenvalue weighted by Crippen LogP contribution is -2.20. The number of aromatic nitrogens is 2. The van der Waals surface area contributed by atoms with Gasteiger partial charge in [0.05, 0.1) is 5.69 Å². The molecule has 0 aliphatic carbocycles. The van der Waals surface area contributed by atoms with Crippen molar-refractivity contribution in [2.75, 3.05) is 13.3 Å². The van der Waals surface area contributed by atoms with E-state index in [1.165, 1.54) is 10.5 Å². The summed E-state index contributed by atoms with van der Waals surface area (Å²) in [6.45, 7) is 4.40. The normalized spacial score (nSPS) is 14.1. The van der Waals surface area contributed by atoms with E-state index in [1.54, 1.807) is 11.8 Å². The van der Waals surface area contributed by atoms with Gasteiger partial charge in [-0.3, -0.25) is 4.68 Å². The van der Waals surface area contributed by atoms with Gasteiger partial charge in [-0.05, 0) is 44.3 Å². The molecule has 0 saturated heterocycles. The molecule has 0 bridgehead atoms. The molecule has 4 heteroatoms. The van der Waals surface area contributed by atoms with Crippen molar-refractivity contribution in [2.24, 2.45) is 0 Å². The van der Waals surface area contributed by atoms with Crippen LogP contribution < -0.4 is 5.32 Å². The largest absolute Gasteiger partial charge is 0.313 e. The van der Waals surface area contributed by atoms with Crippen molar-refractivity contribution < 1.29 is 0 Å². The van der Waals surface area contributed by atoms with E-state index < -0.39 is 0 Å². The second-order valence-electron chi connectivity index (χ2n) is 5.33. The number of thioether (sulfide) groups is 1. The van der Waals surface area contributed by atoms with Crippen LogP contribution in [0.15, 0.2) is 41.4 Å². The molecule has 114 valence electrons. The zero-order valence-corrected chi connectivity index (χ0v) is 14.2. The number of likely N-dealkylation sites (N-methyl/N-ethyl adjacent to an activating group) is 1. The highest BCUT2D eigenvalue weighted by molar-refractivity contribution is 7.98. The van der Waals surface area contributed by atoms with Gasteiger partial charge in [0.25, 0.3) is 0 Å². The summed E-state index contributed by atoms with van der Waals surface area (Å²) in [6.07, 6.45) is 6.24. The topological polar surface area (TPSA) is 29.9 Å². The summed E-state index contributed by atoms with van der Waals surface area (Å²) in [7, 11) is 2.02. The Labute approximate surface area is 132 Å². The molecule has 2 unspecified atom stereocenters. The van der Waals surface area contributed by atoms with Crippen molar-refractivity contribution in [2.45, 2.75) is 43.7 Å². The predicted molar refractivity (Wildman–Crippen MR) is 91.0 cm³/mol. The molecule has 1 aromatic carbocycles. The Kier molecular flexibility index (Phi) is 5.88. The van der Waals surface area contributed by atoms with E-state index >= 15 is 0 Å². The van der Waals surface area contributed by atoms with Gasteiger partial charge in [0.2, 0.25) is 0 Å². The van der Waals surface area contributed by atoms with Crippen LogP contribution >= 0.6 is 11.8 Å². The molecule has 1 aromatic heterocycles. The molecular formula is C17H25N3S. The van der Waals surface area contributed by atoms with Crippen LogP contribution in [0.4, 0.5) is 0 Å². The fourth-order valence-electron chi connectivity index (χ4n) is 2.45. The van der Waals surface area contributed by atoms with E-state index in [4.69, 9.17) is 5.10 Å². The number of nitrogens with zero attached hydrogens (tertiary/aromatic N) is 2. The average Bonchev–Trinajstić information content (AvgIpc) is 3.00. The minimum absolute atomic E-state index is 0.300. The van der Waals surface area contributed by atoms with Gasteiger partial charge >= 0.3 is 0 Å². The third-order valence-corrected chi connectivity index (χ3v) is 4.79. The van der Waals surface area contributed by atoms with Gasteiger partial charge in [0.15, 0.2) is 0 Å². The highest BCUT2D eigenvalue weighted by Crippen LogP contribution is 2.27. The van der Waals surface area contributed by atoms with E-state index in [0.717, 1.165) is 18.5 Å². The standard InChI is InChI=1S/C17H25N3S/c1-5-13(2)20-11-10-14(19-20)12-16(18-3)15-8-6-7-9-17(15)21-4/h6-11,13,16,18H,5,12H2,1-4H3. The van der Waals surface area contributed by atoms with Crippen molar-refractivity contribution in [3.8, 4) is 0 Å². The zero-order valence-electron chi connectivity index (χ0n) is 13.3. The molecule has 21 heavy (non-hydrogen) atoms. The summed E-state index contributed by atoms with van der Waals surface area (Å²) in [5.74, 6) is 0. The summed E-state index contributed by atoms with van der Waals surface area (Å²) < 4.78 is 2.07. The highest BCUT2D eigenvalue weighted by atomic mass is 32.2. The molecule has 2 rings (SSSR count). The van der Waals surface area contributed by atoms with Crippen molar-refractivity contribution in [1.82, 2.24) is 15.1 Å². The first-order chi connectivity index (χ1) is 10.2. The minimum atomic E-state index is 0.300. The molecule has 0 spiro atoms. The molecule has 2 atom stereocenters. The van der Waals surface area contributed by atoms with Gasteiger partial charge in [-0.2, -0.15) is 5.10 Å². The Bertz CT molecular complexity index is 565. The summed E-state index contributed by atoms with van der Waals surface area (Å²) in [5.41, 5.74) is 2.50. The number of benzene rings is 1. The molecule has 1 N–H and O–H groups in total. The third-order valence-electron chi connectivity index (χ3n) is 3.98. The summed E-state index contributed by atoms with van der Waals surface area (Å²) >= 11 is 1.80. The van der Waals surface area contributed by atoms with E-state index in [1.807, 2.05) is 7.05 Å².